The normalized spacial score (nSPS) is 11.4. The lowest BCUT2D eigenvalue weighted by Gasteiger charge is -2.23. The molecule has 0 aliphatic heterocycles. The molecule has 0 heterocycles. The molecule has 0 spiro atoms. The van der Waals surface area contributed by atoms with E-state index in [-0.39, 0.29) is 10.8 Å². The summed E-state index contributed by atoms with van der Waals surface area (Å²) in [5.41, 5.74) is 1.08. The van der Waals surface area contributed by atoms with Crippen molar-refractivity contribution in [1.82, 2.24) is 5.32 Å². The smallest absolute Gasteiger partial charge is 0.264 e. The van der Waals surface area contributed by atoms with Crippen LogP contribution in [0.3, 0.4) is 0 Å². The highest BCUT2D eigenvalue weighted by Crippen LogP contribution is 2.23. The first-order valence-electron chi connectivity index (χ1n) is 9.32. The number of anilines is 1. The molecule has 0 fully saturated rings. The van der Waals surface area contributed by atoms with E-state index in [1.165, 1.54) is 16.4 Å². The van der Waals surface area contributed by atoms with E-state index < -0.39 is 10.0 Å². The minimum Gasteiger partial charge on any atom is -0.352 e. The minimum atomic E-state index is -3.68. The maximum absolute atomic E-state index is 12.9. The van der Waals surface area contributed by atoms with Gasteiger partial charge in [-0.2, -0.15) is 0 Å². The summed E-state index contributed by atoms with van der Waals surface area (Å²) in [7, 11) is -3.68. The predicted molar refractivity (Wildman–Crippen MR) is 109 cm³/mol. The Balaban J connectivity index is 2.10. The van der Waals surface area contributed by atoms with Crippen molar-refractivity contribution in [2.75, 3.05) is 17.4 Å². The second-order valence-electron chi connectivity index (χ2n) is 6.82. The average Bonchev–Trinajstić information content (AvgIpc) is 2.66. The van der Waals surface area contributed by atoms with E-state index in [9.17, 15) is 13.2 Å². The van der Waals surface area contributed by atoms with Gasteiger partial charge in [-0.15, -0.1) is 0 Å². The standard InChI is InChI=1S/C21H28N2O3S/c1-4-23(19-10-6-5-7-11-19)27(25,26)20-14-12-18(13-15-20)21(24)22-16-8-9-17(2)3/h5-7,10-15,17H,4,8-9,16H2,1-3H3,(H,22,24). The van der Waals surface area contributed by atoms with Gasteiger partial charge in [0.1, 0.15) is 0 Å². The van der Waals surface area contributed by atoms with Gasteiger partial charge in [0.05, 0.1) is 10.6 Å². The van der Waals surface area contributed by atoms with Gasteiger partial charge in [-0.1, -0.05) is 32.0 Å². The number of rotatable bonds is 9. The maximum atomic E-state index is 12.9. The first-order valence-corrected chi connectivity index (χ1v) is 10.8. The summed E-state index contributed by atoms with van der Waals surface area (Å²) >= 11 is 0. The molecule has 1 amide bonds. The second-order valence-corrected chi connectivity index (χ2v) is 8.68. The Kier molecular flexibility index (Phi) is 7.42. The van der Waals surface area contributed by atoms with Crippen LogP contribution in [0.1, 0.15) is 44.0 Å². The lowest BCUT2D eigenvalue weighted by Crippen LogP contribution is -2.30. The van der Waals surface area contributed by atoms with Crippen molar-refractivity contribution < 1.29 is 13.2 Å². The van der Waals surface area contributed by atoms with E-state index >= 15 is 0 Å². The number of carbonyl (C=O) groups is 1. The van der Waals surface area contributed by atoms with E-state index in [2.05, 4.69) is 19.2 Å². The van der Waals surface area contributed by atoms with Gasteiger partial charge in [0.2, 0.25) is 0 Å². The Morgan fingerprint density at radius 2 is 1.67 bits per heavy atom. The quantitative estimate of drug-likeness (QED) is 0.659. The van der Waals surface area contributed by atoms with Gasteiger partial charge < -0.3 is 5.32 Å². The molecular weight excluding hydrogens is 360 g/mol. The van der Waals surface area contributed by atoms with Crippen molar-refractivity contribution in [3.8, 4) is 0 Å². The van der Waals surface area contributed by atoms with Crippen LogP contribution in [0.5, 0.6) is 0 Å². The van der Waals surface area contributed by atoms with Crippen LogP contribution in [0.4, 0.5) is 5.69 Å². The molecule has 0 aliphatic rings. The van der Waals surface area contributed by atoms with Crippen molar-refractivity contribution in [3.05, 3.63) is 60.2 Å². The van der Waals surface area contributed by atoms with Crippen molar-refractivity contribution in [2.24, 2.45) is 5.92 Å². The molecule has 5 nitrogen and oxygen atoms in total. The third kappa shape index (κ3) is 5.57. The van der Waals surface area contributed by atoms with E-state index in [1.807, 2.05) is 6.07 Å². The van der Waals surface area contributed by atoms with Crippen LogP contribution < -0.4 is 9.62 Å². The number of amides is 1. The maximum Gasteiger partial charge on any atom is 0.264 e. The molecule has 2 aromatic carbocycles. The minimum absolute atomic E-state index is 0.171. The molecular formula is C21H28N2O3S. The molecule has 27 heavy (non-hydrogen) atoms. The molecule has 0 atom stereocenters. The first kappa shape index (κ1) is 21.0. The van der Waals surface area contributed by atoms with Crippen LogP contribution in [0.15, 0.2) is 59.5 Å². The van der Waals surface area contributed by atoms with E-state index in [0.29, 0.717) is 30.3 Å². The van der Waals surface area contributed by atoms with Crippen LogP contribution in [0.2, 0.25) is 0 Å². The zero-order chi connectivity index (χ0) is 19.9. The van der Waals surface area contributed by atoms with Crippen molar-refractivity contribution in [2.45, 2.75) is 38.5 Å². The largest absolute Gasteiger partial charge is 0.352 e. The van der Waals surface area contributed by atoms with Gasteiger partial charge in [0, 0.05) is 18.7 Å². The third-order valence-electron chi connectivity index (χ3n) is 4.28. The molecule has 6 heteroatoms. The Morgan fingerprint density at radius 3 is 2.22 bits per heavy atom. The molecule has 2 rings (SSSR count). The fourth-order valence-electron chi connectivity index (χ4n) is 2.81. The SMILES string of the molecule is CCN(c1ccccc1)S(=O)(=O)c1ccc(C(=O)NCCCC(C)C)cc1. The molecule has 2 aromatic rings. The Hall–Kier alpha value is -2.34. The second kappa shape index (κ2) is 9.55. The van der Waals surface area contributed by atoms with Crippen molar-refractivity contribution >= 4 is 21.6 Å². The molecule has 0 aromatic heterocycles. The van der Waals surface area contributed by atoms with E-state index in [1.54, 1.807) is 43.3 Å². The van der Waals surface area contributed by atoms with Crippen LogP contribution in [-0.2, 0) is 10.0 Å². The lowest BCUT2D eigenvalue weighted by atomic mass is 10.1. The number of nitrogens with zero attached hydrogens (tertiary/aromatic N) is 1. The number of sulfonamides is 1. The van der Waals surface area contributed by atoms with E-state index in [4.69, 9.17) is 0 Å². The predicted octanol–water partition coefficient (Wildman–Crippen LogP) is 4.07. The van der Waals surface area contributed by atoms with Crippen molar-refractivity contribution in [3.63, 3.8) is 0 Å². The third-order valence-corrected chi connectivity index (χ3v) is 6.20. The van der Waals surface area contributed by atoms with Gasteiger partial charge in [0.15, 0.2) is 0 Å². The highest BCUT2D eigenvalue weighted by Gasteiger charge is 2.23. The molecule has 0 saturated carbocycles. The molecule has 1 N–H and O–H groups in total. The first-order chi connectivity index (χ1) is 12.9. The summed E-state index contributed by atoms with van der Waals surface area (Å²) in [6.07, 6.45) is 1.99. The molecule has 0 saturated heterocycles. The summed E-state index contributed by atoms with van der Waals surface area (Å²) in [4.78, 5) is 12.4. The molecule has 0 unspecified atom stereocenters. The molecule has 0 radical (unpaired) electrons. The number of carbonyl (C=O) groups excluding carboxylic acids is 1. The lowest BCUT2D eigenvalue weighted by molar-refractivity contribution is 0.0952. The molecule has 0 aliphatic carbocycles. The average molecular weight is 389 g/mol. The summed E-state index contributed by atoms with van der Waals surface area (Å²) in [5.74, 6) is 0.427. The summed E-state index contributed by atoms with van der Waals surface area (Å²) < 4.78 is 27.2. The highest BCUT2D eigenvalue weighted by molar-refractivity contribution is 7.92. The van der Waals surface area contributed by atoms with Gasteiger partial charge >= 0.3 is 0 Å². The van der Waals surface area contributed by atoms with Crippen LogP contribution in [-0.4, -0.2) is 27.4 Å². The summed E-state index contributed by atoms with van der Waals surface area (Å²) in [5, 5.41) is 2.87. The van der Waals surface area contributed by atoms with Gasteiger partial charge in [-0.05, 0) is 62.1 Å². The van der Waals surface area contributed by atoms with Crippen molar-refractivity contribution in [1.29, 1.82) is 0 Å². The number of para-hydroxylation sites is 1. The topological polar surface area (TPSA) is 66.5 Å². The number of benzene rings is 2. The zero-order valence-corrected chi connectivity index (χ0v) is 17.0. The summed E-state index contributed by atoms with van der Waals surface area (Å²) in [6, 6.07) is 15.1. The van der Waals surface area contributed by atoms with E-state index in [0.717, 1.165) is 12.8 Å². The van der Waals surface area contributed by atoms with Gasteiger partial charge in [0.25, 0.3) is 15.9 Å². The van der Waals surface area contributed by atoms with Crippen LogP contribution >= 0.6 is 0 Å². The Labute approximate surface area is 162 Å². The fraction of sp³-hybridized carbons (Fsp3) is 0.381. The van der Waals surface area contributed by atoms with Gasteiger partial charge in [-0.3, -0.25) is 9.10 Å². The molecule has 0 bridgehead atoms. The number of hydrogen-bond donors (Lipinski definition) is 1. The molecule has 146 valence electrons. The highest BCUT2D eigenvalue weighted by atomic mass is 32.2. The summed E-state index contributed by atoms with van der Waals surface area (Å²) in [6.45, 7) is 7.04. The number of hydrogen-bond acceptors (Lipinski definition) is 3. The number of nitrogens with one attached hydrogen (secondary N) is 1. The van der Waals surface area contributed by atoms with Crippen LogP contribution in [0, 0.1) is 5.92 Å². The Bertz CT molecular complexity index is 831. The van der Waals surface area contributed by atoms with Crippen LogP contribution in [0.25, 0.3) is 0 Å². The zero-order valence-electron chi connectivity index (χ0n) is 16.2. The Morgan fingerprint density at radius 1 is 1.04 bits per heavy atom. The fourth-order valence-corrected chi connectivity index (χ4v) is 4.28. The monoisotopic (exact) mass is 388 g/mol. The van der Waals surface area contributed by atoms with Gasteiger partial charge in [-0.25, -0.2) is 8.42 Å².